The smallest absolute Gasteiger partial charge is 0.335 e. The van der Waals surface area contributed by atoms with E-state index in [-0.39, 0.29) is 11.6 Å². The van der Waals surface area contributed by atoms with Gasteiger partial charge in [-0.25, -0.2) is 19.7 Å². The van der Waals surface area contributed by atoms with Crippen LogP contribution in [0.1, 0.15) is 24.2 Å². The molecular formula is C20H19N5O2. The third kappa shape index (κ3) is 2.97. The molecule has 27 heavy (non-hydrogen) atoms. The van der Waals surface area contributed by atoms with Crippen molar-refractivity contribution in [2.45, 2.75) is 19.9 Å². The minimum absolute atomic E-state index is 0.183. The van der Waals surface area contributed by atoms with Crippen LogP contribution < -0.4 is 4.90 Å². The zero-order valence-electron chi connectivity index (χ0n) is 15.3. The number of anilines is 1. The number of rotatable bonds is 4. The summed E-state index contributed by atoms with van der Waals surface area (Å²) in [5, 5.41) is 9.25. The van der Waals surface area contributed by atoms with Gasteiger partial charge in [-0.3, -0.25) is 0 Å². The maximum atomic E-state index is 11.3. The Morgan fingerprint density at radius 2 is 1.81 bits per heavy atom. The lowest BCUT2D eigenvalue weighted by molar-refractivity contribution is 0.0697. The number of nitrogens with zero attached hydrogens (tertiary/aromatic N) is 4. The number of nitrogens with one attached hydrogen (secondary N) is 1. The summed E-state index contributed by atoms with van der Waals surface area (Å²) in [4.78, 5) is 30.7. The number of hydrogen-bond acceptors (Lipinski definition) is 5. The van der Waals surface area contributed by atoms with E-state index in [4.69, 9.17) is 9.97 Å². The zero-order chi connectivity index (χ0) is 19.1. The van der Waals surface area contributed by atoms with Crippen molar-refractivity contribution in [3.8, 4) is 11.5 Å². The highest BCUT2D eigenvalue weighted by Gasteiger charge is 2.20. The molecule has 2 heterocycles. The number of fused-ring (bicyclic) bond motifs is 2. The molecule has 0 saturated carbocycles. The van der Waals surface area contributed by atoms with E-state index >= 15 is 0 Å². The molecule has 2 N–H and O–H groups in total. The Bertz CT molecular complexity index is 1130. The van der Waals surface area contributed by atoms with Crippen LogP contribution in [0.15, 0.2) is 42.5 Å². The average molecular weight is 361 g/mol. The molecule has 2 aromatic carbocycles. The van der Waals surface area contributed by atoms with Gasteiger partial charge in [0.1, 0.15) is 5.69 Å². The Kier molecular flexibility index (Phi) is 3.99. The predicted octanol–water partition coefficient (Wildman–Crippen LogP) is 3.72. The monoisotopic (exact) mass is 361 g/mol. The normalized spacial score (nSPS) is 11.4. The van der Waals surface area contributed by atoms with Crippen LogP contribution >= 0.6 is 0 Å². The molecule has 7 heteroatoms. The number of carbonyl (C=O) groups is 1. The maximum absolute atomic E-state index is 11.3. The van der Waals surface area contributed by atoms with Gasteiger partial charge in [0, 0.05) is 13.1 Å². The van der Waals surface area contributed by atoms with Crippen molar-refractivity contribution in [2.75, 3.05) is 11.9 Å². The van der Waals surface area contributed by atoms with E-state index < -0.39 is 5.97 Å². The Balaban J connectivity index is 1.97. The van der Waals surface area contributed by atoms with Gasteiger partial charge >= 0.3 is 5.97 Å². The molecule has 0 aliphatic rings. The molecule has 2 aromatic heterocycles. The average Bonchev–Trinajstić information content (AvgIpc) is 3.09. The molecule has 0 bridgehead atoms. The first-order chi connectivity index (χ1) is 12.9. The summed E-state index contributed by atoms with van der Waals surface area (Å²) >= 11 is 0. The van der Waals surface area contributed by atoms with Crippen LogP contribution in [0.25, 0.3) is 33.6 Å². The second kappa shape index (κ2) is 6.35. The van der Waals surface area contributed by atoms with Gasteiger partial charge in [0.25, 0.3) is 0 Å². The van der Waals surface area contributed by atoms with Gasteiger partial charge in [-0.2, -0.15) is 0 Å². The molecule has 136 valence electrons. The molecule has 0 aliphatic heterocycles. The third-order valence-electron chi connectivity index (χ3n) is 4.62. The highest BCUT2D eigenvalue weighted by molar-refractivity contribution is 5.93. The lowest BCUT2D eigenvalue weighted by Gasteiger charge is -2.24. The van der Waals surface area contributed by atoms with Crippen LogP contribution in [0.3, 0.4) is 0 Å². The van der Waals surface area contributed by atoms with Crippen molar-refractivity contribution in [1.82, 2.24) is 19.9 Å². The molecule has 0 saturated heterocycles. The van der Waals surface area contributed by atoms with E-state index in [0.29, 0.717) is 28.4 Å². The first kappa shape index (κ1) is 17.0. The lowest BCUT2D eigenvalue weighted by atomic mass is 10.2. The molecule has 0 radical (unpaired) electrons. The van der Waals surface area contributed by atoms with E-state index in [9.17, 15) is 9.90 Å². The Morgan fingerprint density at radius 1 is 1.04 bits per heavy atom. The summed E-state index contributed by atoms with van der Waals surface area (Å²) in [7, 11) is 1.94. The van der Waals surface area contributed by atoms with Crippen LogP contribution in [0, 0.1) is 0 Å². The van der Waals surface area contributed by atoms with Gasteiger partial charge in [-0.1, -0.05) is 12.1 Å². The summed E-state index contributed by atoms with van der Waals surface area (Å²) in [5.74, 6) is 0.299. The third-order valence-corrected chi connectivity index (χ3v) is 4.62. The summed E-state index contributed by atoms with van der Waals surface area (Å²) in [6.45, 7) is 4.12. The van der Waals surface area contributed by atoms with Gasteiger partial charge in [0.05, 0.1) is 27.6 Å². The second-order valence-corrected chi connectivity index (χ2v) is 6.71. The number of imidazole rings is 1. The standard InChI is InChI=1S/C20H19N5O2/c1-11(2)25(3)19-17(18-22-13-6-4-5-7-14(13)23-18)21-15-9-8-12(20(26)27)10-16(15)24-19/h4-11H,1-3H3,(H,22,23)(H,26,27). The molecule has 4 rings (SSSR count). The maximum Gasteiger partial charge on any atom is 0.335 e. The Labute approximate surface area is 155 Å². The van der Waals surface area contributed by atoms with Crippen molar-refractivity contribution in [2.24, 2.45) is 0 Å². The highest BCUT2D eigenvalue weighted by atomic mass is 16.4. The molecule has 0 unspecified atom stereocenters. The van der Waals surface area contributed by atoms with Gasteiger partial charge < -0.3 is 15.0 Å². The summed E-state index contributed by atoms with van der Waals surface area (Å²) < 4.78 is 0. The van der Waals surface area contributed by atoms with Crippen molar-refractivity contribution >= 4 is 33.9 Å². The number of aromatic carboxylic acids is 1. The number of H-pyrrole nitrogens is 1. The van der Waals surface area contributed by atoms with Crippen LogP contribution in [0.5, 0.6) is 0 Å². The molecule has 7 nitrogen and oxygen atoms in total. The minimum atomic E-state index is -0.987. The van der Waals surface area contributed by atoms with Gasteiger partial charge in [0.2, 0.25) is 0 Å². The molecule has 0 aliphatic carbocycles. The van der Waals surface area contributed by atoms with Crippen molar-refractivity contribution in [3.63, 3.8) is 0 Å². The van der Waals surface area contributed by atoms with E-state index in [1.165, 1.54) is 6.07 Å². The molecule has 4 aromatic rings. The fraction of sp³-hybridized carbons (Fsp3) is 0.200. The number of aromatic nitrogens is 4. The van der Waals surface area contributed by atoms with E-state index in [0.717, 1.165) is 11.0 Å². The number of aromatic amines is 1. The summed E-state index contributed by atoms with van der Waals surface area (Å²) in [6, 6.07) is 12.7. The highest BCUT2D eigenvalue weighted by Crippen LogP contribution is 2.30. The number of benzene rings is 2. The lowest BCUT2D eigenvalue weighted by Crippen LogP contribution is -2.27. The SMILES string of the molecule is CC(C)N(C)c1nc2cc(C(=O)O)ccc2nc1-c1nc2ccccc2[nH]1. The van der Waals surface area contributed by atoms with Crippen molar-refractivity contribution in [3.05, 3.63) is 48.0 Å². The Morgan fingerprint density at radius 3 is 2.52 bits per heavy atom. The summed E-state index contributed by atoms with van der Waals surface area (Å²) in [6.07, 6.45) is 0. The molecule has 0 amide bonds. The number of carboxylic acids is 1. The van der Waals surface area contributed by atoms with E-state index in [2.05, 4.69) is 23.8 Å². The van der Waals surface area contributed by atoms with E-state index in [1.807, 2.05) is 36.2 Å². The fourth-order valence-electron chi connectivity index (χ4n) is 2.89. The topological polar surface area (TPSA) is 95.0 Å². The number of carboxylic acid groups (broad SMARTS) is 1. The van der Waals surface area contributed by atoms with E-state index in [1.54, 1.807) is 12.1 Å². The molecule has 0 atom stereocenters. The van der Waals surface area contributed by atoms with Gasteiger partial charge in [0.15, 0.2) is 11.6 Å². The quantitative estimate of drug-likeness (QED) is 0.575. The summed E-state index contributed by atoms with van der Waals surface area (Å²) in [5.41, 5.74) is 3.76. The number of para-hydroxylation sites is 2. The molecule has 0 spiro atoms. The predicted molar refractivity (Wildman–Crippen MR) is 105 cm³/mol. The van der Waals surface area contributed by atoms with Crippen LogP contribution in [0.4, 0.5) is 5.82 Å². The van der Waals surface area contributed by atoms with Crippen LogP contribution in [0.2, 0.25) is 0 Å². The first-order valence-corrected chi connectivity index (χ1v) is 8.67. The molecular weight excluding hydrogens is 342 g/mol. The second-order valence-electron chi connectivity index (χ2n) is 6.71. The first-order valence-electron chi connectivity index (χ1n) is 8.67. The van der Waals surface area contributed by atoms with Gasteiger partial charge in [-0.05, 0) is 44.2 Å². The van der Waals surface area contributed by atoms with Crippen LogP contribution in [-0.2, 0) is 0 Å². The molecule has 0 fully saturated rings. The Hall–Kier alpha value is -3.48. The van der Waals surface area contributed by atoms with Crippen molar-refractivity contribution < 1.29 is 9.90 Å². The zero-order valence-corrected chi connectivity index (χ0v) is 15.3. The largest absolute Gasteiger partial charge is 0.478 e. The number of hydrogen-bond donors (Lipinski definition) is 2. The van der Waals surface area contributed by atoms with Gasteiger partial charge in [-0.15, -0.1) is 0 Å². The minimum Gasteiger partial charge on any atom is -0.478 e. The van der Waals surface area contributed by atoms with Crippen molar-refractivity contribution in [1.29, 1.82) is 0 Å². The fourth-order valence-corrected chi connectivity index (χ4v) is 2.89. The van der Waals surface area contributed by atoms with Crippen LogP contribution in [-0.4, -0.2) is 44.1 Å².